The Balaban J connectivity index is 1.91. The molecule has 14 heavy (non-hydrogen) atoms. The molecular formula is C7H12N4O2S. The average Bonchev–Trinajstić information content (AvgIpc) is 2.61. The van der Waals surface area contributed by atoms with Crippen LogP contribution in [0.4, 0.5) is 0 Å². The van der Waals surface area contributed by atoms with Crippen LogP contribution in [0.1, 0.15) is 18.7 Å². The summed E-state index contributed by atoms with van der Waals surface area (Å²) in [5.41, 5.74) is 0. The first-order valence-corrected chi connectivity index (χ1v) is 6.40. The molecule has 0 aliphatic carbocycles. The molecule has 1 N–H and O–H groups in total. The van der Waals surface area contributed by atoms with Gasteiger partial charge < -0.3 is 0 Å². The minimum Gasteiger partial charge on any atom is -0.229 e. The van der Waals surface area contributed by atoms with Gasteiger partial charge in [0.1, 0.15) is 9.84 Å². The number of aromatic nitrogens is 4. The Morgan fingerprint density at radius 3 is 2.64 bits per heavy atom. The normalized spacial score (nSPS) is 22.3. The largest absolute Gasteiger partial charge is 0.229 e. The second kappa shape index (κ2) is 3.64. The van der Waals surface area contributed by atoms with Crippen molar-refractivity contribution in [3.8, 4) is 0 Å². The van der Waals surface area contributed by atoms with Crippen molar-refractivity contribution in [3.05, 3.63) is 5.82 Å². The summed E-state index contributed by atoms with van der Waals surface area (Å²) in [6.07, 6.45) is 2.17. The molecule has 0 amide bonds. The molecule has 1 aromatic rings. The maximum absolute atomic E-state index is 11.1. The topological polar surface area (TPSA) is 88.6 Å². The molecule has 0 radical (unpaired) electrons. The van der Waals surface area contributed by atoms with Crippen LogP contribution in [0.2, 0.25) is 0 Å². The van der Waals surface area contributed by atoms with E-state index in [2.05, 4.69) is 20.6 Å². The number of nitrogens with one attached hydrogen (secondary N) is 1. The molecule has 0 saturated carbocycles. The third kappa shape index (κ3) is 2.28. The van der Waals surface area contributed by atoms with E-state index in [-0.39, 0.29) is 0 Å². The molecule has 78 valence electrons. The van der Waals surface area contributed by atoms with Crippen molar-refractivity contribution in [3.63, 3.8) is 0 Å². The first kappa shape index (κ1) is 9.57. The average molecular weight is 216 g/mol. The van der Waals surface area contributed by atoms with E-state index in [9.17, 15) is 8.42 Å². The summed E-state index contributed by atoms with van der Waals surface area (Å²) in [7, 11) is -2.76. The molecule has 1 fully saturated rings. The molecule has 1 saturated heterocycles. The highest BCUT2D eigenvalue weighted by atomic mass is 32.2. The molecule has 0 bridgehead atoms. The zero-order valence-corrected chi connectivity index (χ0v) is 8.50. The van der Waals surface area contributed by atoms with Crippen LogP contribution in [0, 0.1) is 5.92 Å². The number of H-pyrrole nitrogens is 1. The molecule has 7 heteroatoms. The molecule has 0 unspecified atom stereocenters. The maximum atomic E-state index is 11.1. The SMILES string of the molecule is O=S1(=O)CCC(Cc2nn[nH]n2)CC1. The van der Waals surface area contributed by atoms with Crippen LogP contribution in [0.15, 0.2) is 0 Å². The first-order valence-electron chi connectivity index (χ1n) is 4.58. The number of nitrogens with zero attached hydrogens (tertiary/aromatic N) is 3. The molecule has 2 heterocycles. The van der Waals surface area contributed by atoms with Gasteiger partial charge in [-0.05, 0) is 18.8 Å². The van der Waals surface area contributed by atoms with E-state index >= 15 is 0 Å². The van der Waals surface area contributed by atoms with E-state index in [0.29, 0.717) is 23.2 Å². The van der Waals surface area contributed by atoms with E-state index in [1.807, 2.05) is 0 Å². The van der Waals surface area contributed by atoms with Gasteiger partial charge in [0.05, 0.1) is 11.5 Å². The Morgan fingerprint density at radius 1 is 1.36 bits per heavy atom. The summed E-state index contributed by atoms with van der Waals surface area (Å²) < 4.78 is 22.3. The molecule has 1 aliphatic rings. The zero-order chi connectivity index (χ0) is 10.0. The third-order valence-corrected chi connectivity index (χ3v) is 4.25. The summed E-state index contributed by atoms with van der Waals surface area (Å²) in [6.45, 7) is 0. The van der Waals surface area contributed by atoms with E-state index in [1.165, 1.54) is 0 Å². The number of hydrogen-bond donors (Lipinski definition) is 1. The van der Waals surface area contributed by atoms with Gasteiger partial charge in [0.25, 0.3) is 0 Å². The fraction of sp³-hybridized carbons (Fsp3) is 0.857. The number of aromatic amines is 1. The van der Waals surface area contributed by atoms with Crippen molar-refractivity contribution >= 4 is 9.84 Å². The number of tetrazole rings is 1. The molecule has 0 aromatic carbocycles. The van der Waals surface area contributed by atoms with Gasteiger partial charge >= 0.3 is 0 Å². The van der Waals surface area contributed by atoms with Crippen LogP contribution >= 0.6 is 0 Å². The smallest absolute Gasteiger partial charge is 0.174 e. The van der Waals surface area contributed by atoms with Crippen molar-refractivity contribution in [2.24, 2.45) is 5.92 Å². The number of hydrogen-bond acceptors (Lipinski definition) is 5. The van der Waals surface area contributed by atoms with Crippen LogP contribution < -0.4 is 0 Å². The minimum absolute atomic E-state index is 0.301. The van der Waals surface area contributed by atoms with Crippen molar-refractivity contribution in [1.82, 2.24) is 20.6 Å². The van der Waals surface area contributed by atoms with Crippen molar-refractivity contribution < 1.29 is 8.42 Å². The van der Waals surface area contributed by atoms with Crippen LogP contribution in [0.5, 0.6) is 0 Å². The van der Waals surface area contributed by atoms with Crippen LogP contribution in [-0.4, -0.2) is 40.5 Å². The molecule has 2 rings (SSSR count). The maximum Gasteiger partial charge on any atom is 0.174 e. The fourth-order valence-electron chi connectivity index (χ4n) is 1.67. The minimum atomic E-state index is -2.76. The van der Waals surface area contributed by atoms with Crippen LogP contribution in [0.3, 0.4) is 0 Å². The highest BCUT2D eigenvalue weighted by Crippen LogP contribution is 2.21. The first-order chi connectivity index (χ1) is 6.66. The van der Waals surface area contributed by atoms with Crippen LogP contribution in [0.25, 0.3) is 0 Å². The highest BCUT2D eigenvalue weighted by Gasteiger charge is 2.24. The van der Waals surface area contributed by atoms with Crippen molar-refractivity contribution in [1.29, 1.82) is 0 Å². The van der Waals surface area contributed by atoms with Gasteiger partial charge in [-0.15, -0.1) is 10.2 Å². The molecular weight excluding hydrogens is 204 g/mol. The van der Waals surface area contributed by atoms with Gasteiger partial charge in [-0.25, -0.2) is 8.42 Å². The Kier molecular flexibility index (Phi) is 2.49. The third-order valence-electron chi connectivity index (χ3n) is 2.53. The summed E-state index contributed by atoms with van der Waals surface area (Å²) in [5.74, 6) is 1.66. The molecule has 6 nitrogen and oxygen atoms in total. The van der Waals surface area contributed by atoms with Gasteiger partial charge in [-0.1, -0.05) is 5.21 Å². The highest BCUT2D eigenvalue weighted by molar-refractivity contribution is 7.91. The molecule has 1 aromatic heterocycles. The molecule has 1 aliphatic heterocycles. The van der Waals surface area contributed by atoms with Crippen molar-refractivity contribution in [2.45, 2.75) is 19.3 Å². The molecule has 0 atom stereocenters. The standard InChI is InChI=1S/C7H12N4O2S/c12-14(13)3-1-6(2-4-14)5-7-8-10-11-9-7/h6H,1-5H2,(H,8,9,10,11). The predicted molar refractivity (Wildman–Crippen MR) is 49.3 cm³/mol. The van der Waals surface area contributed by atoms with E-state index in [4.69, 9.17) is 0 Å². The second-order valence-electron chi connectivity index (χ2n) is 3.63. The summed E-state index contributed by atoms with van der Waals surface area (Å²) in [5, 5.41) is 13.5. The predicted octanol–water partition coefficient (Wildman–Crippen LogP) is -0.433. The summed E-state index contributed by atoms with van der Waals surface area (Å²) in [6, 6.07) is 0. The Bertz CT molecular complexity index is 372. The lowest BCUT2D eigenvalue weighted by Gasteiger charge is -2.20. The van der Waals surface area contributed by atoms with Gasteiger partial charge in [0.2, 0.25) is 0 Å². The zero-order valence-electron chi connectivity index (χ0n) is 7.68. The Morgan fingerprint density at radius 2 is 2.07 bits per heavy atom. The van der Waals surface area contributed by atoms with Gasteiger partial charge in [-0.3, -0.25) is 0 Å². The van der Waals surface area contributed by atoms with E-state index < -0.39 is 9.84 Å². The Labute approximate surface area is 82.0 Å². The van der Waals surface area contributed by atoms with Gasteiger partial charge in [0.15, 0.2) is 5.82 Å². The lowest BCUT2D eigenvalue weighted by atomic mass is 9.99. The lowest BCUT2D eigenvalue weighted by Crippen LogP contribution is -2.24. The fourth-order valence-corrected chi connectivity index (χ4v) is 3.26. The van der Waals surface area contributed by atoms with E-state index in [1.54, 1.807) is 0 Å². The monoisotopic (exact) mass is 216 g/mol. The van der Waals surface area contributed by atoms with Gasteiger partial charge in [0, 0.05) is 6.42 Å². The van der Waals surface area contributed by atoms with Gasteiger partial charge in [-0.2, -0.15) is 5.21 Å². The van der Waals surface area contributed by atoms with E-state index in [0.717, 1.165) is 19.3 Å². The quantitative estimate of drug-likeness (QED) is 0.724. The molecule has 0 spiro atoms. The van der Waals surface area contributed by atoms with Crippen LogP contribution in [-0.2, 0) is 16.3 Å². The number of rotatable bonds is 2. The lowest BCUT2D eigenvalue weighted by molar-refractivity contribution is 0.454. The Hall–Kier alpha value is -0.980. The van der Waals surface area contributed by atoms with Crippen molar-refractivity contribution in [2.75, 3.05) is 11.5 Å². The second-order valence-corrected chi connectivity index (χ2v) is 5.93. The summed E-state index contributed by atoms with van der Waals surface area (Å²) >= 11 is 0. The summed E-state index contributed by atoms with van der Waals surface area (Å²) in [4.78, 5) is 0. The number of sulfone groups is 1.